The van der Waals surface area contributed by atoms with Crippen molar-refractivity contribution in [1.29, 1.82) is 0 Å². The van der Waals surface area contributed by atoms with Gasteiger partial charge in [0.25, 0.3) is 0 Å². The van der Waals surface area contributed by atoms with Gasteiger partial charge in [0.1, 0.15) is 0 Å². The first-order valence-corrected chi connectivity index (χ1v) is 8.78. The van der Waals surface area contributed by atoms with Gasteiger partial charge < -0.3 is 15.7 Å². The summed E-state index contributed by atoms with van der Waals surface area (Å²) in [5, 5.41) is 17.5. The highest BCUT2D eigenvalue weighted by Crippen LogP contribution is 2.24. The van der Waals surface area contributed by atoms with Crippen molar-refractivity contribution in [3.05, 3.63) is 77.4 Å². The van der Waals surface area contributed by atoms with Gasteiger partial charge in [-0.25, -0.2) is 0 Å². The van der Waals surface area contributed by atoms with Gasteiger partial charge in [-0.15, -0.1) is 0 Å². The lowest BCUT2D eigenvalue weighted by Gasteiger charge is -2.15. The Morgan fingerprint density at radius 2 is 1.63 bits per heavy atom. The second-order valence-corrected chi connectivity index (χ2v) is 6.50. The molecule has 3 aromatic carbocycles. The molecule has 1 unspecified atom stereocenters. The minimum atomic E-state index is -0.909. The number of hydrogen-bond donors (Lipinski definition) is 3. The van der Waals surface area contributed by atoms with Crippen molar-refractivity contribution in [2.24, 2.45) is 0 Å². The maximum absolute atomic E-state index is 12.1. The lowest BCUT2D eigenvalue weighted by atomic mass is 10.0. The van der Waals surface area contributed by atoms with E-state index >= 15 is 0 Å². The second-order valence-electron chi connectivity index (χ2n) is 6.50. The number of aryl methyl sites for hydroxylation is 1. The zero-order chi connectivity index (χ0) is 19.4. The van der Waals surface area contributed by atoms with E-state index in [1.165, 1.54) is 0 Å². The summed E-state index contributed by atoms with van der Waals surface area (Å²) in [6.45, 7) is 3.77. The lowest BCUT2D eigenvalue weighted by Crippen LogP contribution is -2.37. The zero-order valence-electron chi connectivity index (χ0n) is 15.3. The molecule has 2 amide bonds. The molecule has 27 heavy (non-hydrogen) atoms. The van der Waals surface area contributed by atoms with Crippen molar-refractivity contribution < 1.29 is 14.7 Å². The average molecular weight is 362 g/mol. The Labute approximate surface area is 158 Å². The molecule has 0 aliphatic rings. The molecule has 0 aromatic heterocycles. The number of carbonyl (C=O) groups is 2. The maximum atomic E-state index is 12.1. The van der Waals surface area contributed by atoms with Gasteiger partial charge in [0.15, 0.2) is 0 Å². The van der Waals surface area contributed by atoms with E-state index in [0.29, 0.717) is 11.3 Å². The minimum absolute atomic E-state index is 0.0486. The number of fused-ring (bicyclic) bond motifs is 1. The number of nitrogens with one attached hydrogen (secondary N) is 2. The molecule has 0 spiro atoms. The third-order valence-corrected chi connectivity index (χ3v) is 4.70. The fraction of sp³-hybridized carbons (Fsp3) is 0.182. The Hall–Kier alpha value is -3.18. The molecule has 0 radical (unpaired) electrons. The van der Waals surface area contributed by atoms with Crippen LogP contribution in [0.15, 0.2) is 60.7 Å². The topological polar surface area (TPSA) is 78.4 Å². The molecule has 3 N–H and O–H groups in total. The first-order chi connectivity index (χ1) is 13.0. The van der Waals surface area contributed by atoms with Gasteiger partial charge in [0.05, 0.1) is 6.10 Å². The van der Waals surface area contributed by atoms with Gasteiger partial charge in [0.2, 0.25) is 0 Å². The molecule has 0 bridgehead atoms. The lowest BCUT2D eigenvalue weighted by molar-refractivity contribution is -0.136. The number of amides is 2. The van der Waals surface area contributed by atoms with Crippen LogP contribution >= 0.6 is 0 Å². The summed E-state index contributed by atoms with van der Waals surface area (Å²) in [6, 6.07) is 18.8. The first-order valence-electron chi connectivity index (χ1n) is 8.78. The largest absolute Gasteiger partial charge is 0.387 e. The maximum Gasteiger partial charge on any atom is 0.313 e. The summed E-state index contributed by atoms with van der Waals surface area (Å²) >= 11 is 0. The van der Waals surface area contributed by atoms with E-state index < -0.39 is 17.9 Å². The molecular weight excluding hydrogens is 340 g/mol. The summed E-state index contributed by atoms with van der Waals surface area (Å²) in [5.41, 5.74) is 3.25. The number of hydrogen-bond acceptors (Lipinski definition) is 3. The van der Waals surface area contributed by atoms with Crippen molar-refractivity contribution in [3.63, 3.8) is 0 Å². The van der Waals surface area contributed by atoms with Gasteiger partial charge in [-0.2, -0.15) is 0 Å². The molecule has 3 aromatic rings. The number of anilines is 1. The van der Waals surface area contributed by atoms with Crippen LogP contribution in [0.5, 0.6) is 0 Å². The highest BCUT2D eigenvalue weighted by molar-refractivity contribution is 6.39. The van der Waals surface area contributed by atoms with Crippen LogP contribution in [0, 0.1) is 13.8 Å². The van der Waals surface area contributed by atoms with E-state index in [1.54, 1.807) is 6.07 Å². The molecule has 138 valence electrons. The Kier molecular flexibility index (Phi) is 5.52. The standard InChI is InChI=1S/C22H22N2O3/c1-14-7-5-12-19(15(14)2)24-22(27)21(26)23-13-20(25)18-11-6-9-16-8-3-4-10-17(16)18/h3-12,20,25H,13H2,1-2H3,(H,23,26)(H,24,27). The molecule has 1 atom stereocenters. The van der Waals surface area contributed by atoms with Crippen LogP contribution in [-0.2, 0) is 9.59 Å². The molecule has 5 nitrogen and oxygen atoms in total. The number of carbonyl (C=O) groups excluding carboxylic acids is 2. The minimum Gasteiger partial charge on any atom is -0.387 e. The Balaban J connectivity index is 1.64. The van der Waals surface area contributed by atoms with E-state index in [9.17, 15) is 14.7 Å². The predicted octanol–water partition coefficient (Wildman–Crippen LogP) is 3.24. The normalized spacial score (nSPS) is 11.8. The summed E-state index contributed by atoms with van der Waals surface area (Å²) in [5.74, 6) is -1.54. The summed E-state index contributed by atoms with van der Waals surface area (Å²) in [4.78, 5) is 24.2. The van der Waals surface area contributed by atoms with E-state index in [0.717, 1.165) is 21.9 Å². The predicted molar refractivity (Wildman–Crippen MR) is 106 cm³/mol. The Morgan fingerprint density at radius 1 is 0.926 bits per heavy atom. The molecular formula is C22H22N2O3. The highest BCUT2D eigenvalue weighted by Gasteiger charge is 2.18. The molecule has 0 saturated carbocycles. The molecule has 0 aliphatic carbocycles. The van der Waals surface area contributed by atoms with Crippen LogP contribution in [0.4, 0.5) is 5.69 Å². The van der Waals surface area contributed by atoms with E-state index in [1.807, 2.05) is 68.4 Å². The fourth-order valence-electron chi connectivity index (χ4n) is 2.99. The SMILES string of the molecule is Cc1cccc(NC(=O)C(=O)NCC(O)c2cccc3ccccc23)c1C. The smallest absolute Gasteiger partial charge is 0.313 e. The van der Waals surface area contributed by atoms with Gasteiger partial charge in [0, 0.05) is 12.2 Å². The zero-order valence-corrected chi connectivity index (χ0v) is 15.3. The summed E-state index contributed by atoms with van der Waals surface area (Å²) < 4.78 is 0. The highest BCUT2D eigenvalue weighted by atomic mass is 16.3. The Bertz CT molecular complexity index is 993. The monoisotopic (exact) mass is 362 g/mol. The average Bonchev–Trinajstić information content (AvgIpc) is 2.68. The van der Waals surface area contributed by atoms with Crippen molar-refractivity contribution in [1.82, 2.24) is 5.32 Å². The van der Waals surface area contributed by atoms with E-state index in [2.05, 4.69) is 10.6 Å². The number of aliphatic hydroxyl groups is 1. The molecule has 0 heterocycles. The summed E-state index contributed by atoms with van der Waals surface area (Å²) in [7, 11) is 0. The van der Waals surface area contributed by atoms with Gasteiger partial charge in [-0.1, -0.05) is 54.6 Å². The van der Waals surface area contributed by atoms with Crippen LogP contribution in [0.25, 0.3) is 10.8 Å². The third-order valence-electron chi connectivity index (χ3n) is 4.70. The van der Waals surface area contributed by atoms with Crippen molar-refractivity contribution in [2.45, 2.75) is 20.0 Å². The van der Waals surface area contributed by atoms with Crippen molar-refractivity contribution in [2.75, 3.05) is 11.9 Å². The first kappa shape index (κ1) is 18.6. The van der Waals surface area contributed by atoms with Crippen molar-refractivity contribution >= 4 is 28.3 Å². The van der Waals surface area contributed by atoms with E-state index in [4.69, 9.17) is 0 Å². The summed E-state index contributed by atoms with van der Waals surface area (Å²) in [6.07, 6.45) is -0.909. The fourth-order valence-corrected chi connectivity index (χ4v) is 2.99. The molecule has 3 rings (SSSR count). The Morgan fingerprint density at radius 3 is 2.44 bits per heavy atom. The van der Waals surface area contributed by atoms with Crippen LogP contribution in [0.1, 0.15) is 22.8 Å². The van der Waals surface area contributed by atoms with Crippen LogP contribution in [-0.4, -0.2) is 23.5 Å². The van der Waals surface area contributed by atoms with Crippen molar-refractivity contribution in [3.8, 4) is 0 Å². The number of rotatable bonds is 4. The number of aliphatic hydroxyl groups excluding tert-OH is 1. The molecule has 0 saturated heterocycles. The number of benzene rings is 3. The van der Waals surface area contributed by atoms with Gasteiger partial charge in [-0.05, 0) is 47.4 Å². The van der Waals surface area contributed by atoms with Crippen LogP contribution in [0.2, 0.25) is 0 Å². The molecule has 5 heteroatoms. The molecule has 0 fully saturated rings. The molecule has 0 aliphatic heterocycles. The second kappa shape index (κ2) is 8.01. The van der Waals surface area contributed by atoms with Gasteiger partial charge in [-0.3, -0.25) is 9.59 Å². The van der Waals surface area contributed by atoms with Crippen LogP contribution in [0.3, 0.4) is 0 Å². The third kappa shape index (κ3) is 4.15. The van der Waals surface area contributed by atoms with Gasteiger partial charge >= 0.3 is 11.8 Å². The quantitative estimate of drug-likeness (QED) is 0.624. The van der Waals surface area contributed by atoms with Crippen LogP contribution < -0.4 is 10.6 Å². The van der Waals surface area contributed by atoms with E-state index in [-0.39, 0.29) is 6.54 Å².